The minimum Gasteiger partial charge on any atom is -0.360 e. The Hall–Kier alpha value is -3.85. The Morgan fingerprint density at radius 1 is 1.06 bits per heavy atom. The molecule has 4 rings (SSSR count). The molecule has 3 aromatic heterocycles. The number of nitrogens with one attached hydrogen (secondary N) is 3. The molecule has 32 heavy (non-hydrogen) atoms. The summed E-state index contributed by atoms with van der Waals surface area (Å²) in [5, 5.41) is 8.70. The van der Waals surface area contributed by atoms with Gasteiger partial charge in [-0.25, -0.2) is 4.98 Å². The number of amides is 2. The van der Waals surface area contributed by atoms with E-state index in [0.717, 1.165) is 29.1 Å². The highest BCUT2D eigenvalue weighted by atomic mass is 32.1. The molecule has 3 heterocycles. The van der Waals surface area contributed by atoms with Gasteiger partial charge in [0.25, 0.3) is 5.91 Å². The Bertz CT molecular complexity index is 1300. The fourth-order valence-corrected chi connectivity index (χ4v) is 4.05. The fraction of sp³-hybridized carbons (Fsp3) is 0.174. The topological polar surface area (TPSA) is 117 Å². The molecule has 0 radical (unpaired) electrons. The van der Waals surface area contributed by atoms with Gasteiger partial charge >= 0.3 is 0 Å². The van der Waals surface area contributed by atoms with Crippen molar-refractivity contribution in [3.8, 4) is 11.3 Å². The Morgan fingerprint density at radius 3 is 2.72 bits per heavy atom. The maximum absolute atomic E-state index is 12.5. The maximum Gasteiger partial charge on any atom is 0.257 e. The van der Waals surface area contributed by atoms with E-state index in [1.165, 1.54) is 6.20 Å². The Labute approximate surface area is 187 Å². The van der Waals surface area contributed by atoms with Crippen molar-refractivity contribution in [3.63, 3.8) is 0 Å². The minimum atomic E-state index is -0.585. The van der Waals surface area contributed by atoms with Gasteiger partial charge in [-0.05, 0) is 30.7 Å². The lowest BCUT2D eigenvalue weighted by molar-refractivity contribution is -0.120. The molecule has 2 amide bonds. The molecule has 0 bridgehead atoms. The summed E-state index contributed by atoms with van der Waals surface area (Å²) in [6.07, 6.45) is 6.31. The second-order valence-electron chi connectivity index (χ2n) is 7.08. The fourth-order valence-electron chi connectivity index (χ4n) is 3.20. The van der Waals surface area contributed by atoms with Crippen molar-refractivity contribution in [2.24, 2.45) is 0 Å². The van der Waals surface area contributed by atoms with Crippen LogP contribution in [0.4, 0.5) is 0 Å². The van der Waals surface area contributed by atoms with Crippen LogP contribution < -0.4 is 16.1 Å². The van der Waals surface area contributed by atoms with Gasteiger partial charge in [-0.15, -0.1) is 11.3 Å². The van der Waals surface area contributed by atoms with Gasteiger partial charge in [0.2, 0.25) is 11.3 Å². The lowest BCUT2D eigenvalue weighted by Crippen LogP contribution is -2.38. The number of H-pyrrole nitrogens is 1. The van der Waals surface area contributed by atoms with Crippen LogP contribution in [-0.4, -0.2) is 39.9 Å². The van der Waals surface area contributed by atoms with Crippen LogP contribution in [-0.2, 0) is 11.2 Å². The number of carbonyl (C=O) groups excluding carboxylic acids is 2. The van der Waals surface area contributed by atoms with Crippen LogP contribution in [0.5, 0.6) is 0 Å². The zero-order valence-corrected chi connectivity index (χ0v) is 17.9. The molecule has 0 atom stereocenters. The van der Waals surface area contributed by atoms with Crippen LogP contribution in [0.2, 0.25) is 0 Å². The van der Waals surface area contributed by atoms with Crippen molar-refractivity contribution >= 4 is 34.1 Å². The Kier molecular flexibility index (Phi) is 6.66. The number of nitrogens with zero attached hydrogens (tertiary/aromatic N) is 2. The summed E-state index contributed by atoms with van der Waals surface area (Å²) in [7, 11) is 0. The molecule has 0 aliphatic carbocycles. The molecular formula is C23H21N5O3S. The number of thiazole rings is 1. The molecule has 0 unspecified atom stereocenters. The van der Waals surface area contributed by atoms with Crippen LogP contribution in [0, 0.1) is 0 Å². The van der Waals surface area contributed by atoms with Crippen LogP contribution in [0.25, 0.3) is 22.2 Å². The summed E-state index contributed by atoms with van der Waals surface area (Å²) in [6, 6.07) is 10.8. The van der Waals surface area contributed by atoms with E-state index in [-0.39, 0.29) is 23.4 Å². The number of aromatic amines is 1. The molecule has 4 aromatic rings. The summed E-state index contributed by atoms with van der Waals surface area (Å²) in [5.41, 5.74) is 2.21. The number of aryl methyl sites for hydroxylation is 1. The summed E-state index contributed by atoms with van der Waals surface area (Å²) in [5.74, 6) is -0.897. The van der Waals surface area contributed by atoms with E-state index in [0.29, 0.717) is 17.4 Å². The lowest BCUT2D eigenvalue weighted by atomic mass is 10.1. The number of aromatic nitrogens is 3. The van der Waals surface area contributed by atoms with Gasteiger partial charge in [-0.3, -0.25) is 19.4 Å². The third-order valence-electron chi connectivity index (χ3n) is 4.86. The third-order valence-corrected chi connectivity index (χ3v) is 5.77. The number of benzene rings is 1. The summed E-state index contributed by atoms with van der Waals surface area (Å²) in [4.78, 5) is 48.4. The zero-order chi connectivity index (χ0) is 22.3. The standard InChI is InChI=1S/C23H21N5O3S/c29-20(13-27-23(31)17-12-26-18-5-2-1-4-16(18)22(17)30)25-9-3-6-21-28-19(14-32-21)15-7-10-24-11-8-15/h1-2,4-5,7-8,10-12,14H,3,6,9,13H2,(H,25,29)(H,26,30)(H,27,31). The van der Waals surface area contributed by atoms with Crippen LogP contribution in [0.3, 0.4) is 0 Å². The number of hydrogen-bond acceptors (Lipinski definition) is 6. The van der Waals surface area contributed by atoms with Crippen molar-refractivity contribution in [2.45, 2.75) is 12.8 Å². The van der Waals surface area contributed by atoms with E-state index in [2.05, 4.69) is 25.6 Å². The first-order valence-corrected chi connectivity index (χ1v) is 11.0. The van der Waals surface area contributed by atoms with Crippen molar-refractivity contribution in [3.05, 3.63) is 81.2 Å². The molecule has 162 valence electrons. The summed E-state index contributed by atoms with van der Waals surface area (Å²) in [6.45, 7) is 0.268. The van der Waals surface area contributed by atoms with Crippen molar-refractivity contribution in [1.29, 1.82) is 0 Å². The quantitative estimate of drug-likeness (QED) is 0.359. The predicted octanol–water partition coefficient (Wildman–Crippen LogP) is 2.53. The first-order valence-electron chi connectivity index (χ1n) is 10.1. The normalized spacial score (nSPS) is 10.8. The average Bonchev–Trinajstić information content (AvgIpc) is 3.30. The van der Waals surface area contributed by atoms with Crippen molar-refractivity contribution < 1.29 is 9.59 Å². The lowest BCUT2D eigenvalue weighted by Gasteiger charge is -2.07. The van der Waals surface area contributed by atoms with Crippen LogP contribution in [0.15, 0.2) is 65.2 Å². The van der Waals surface area contributed by atoms with Gasteiger partial charge in [0, 0.05) is 53.4 Å². The van der Waals surface area contributed by atoms with Crippen molar-refractivity contribution in [1.82, 2.24) is 25.6 Å². The molecule has 0 aliphatic heterocycles. The number of para-hydroxylation sites is 1. The maximum atomic E-state index is 12.5. The minimum absolute atomic E-state index is 0.0229. The largest absolute Gasteiger partial charge is 0.360 e. The highest BCUT2D eigenvalue weighted by molar-refractivity contribution is 7.09. The highest BCUT2D eigenvalue weighted by Gasteiger charge is 2.13. The molecular weight excluding hydrogens is 426 g/mol. The second-order valence-corrected chi connectivity index (χ2v) is 8.02. The van der Waals surface area contributed by atoms with E-state index < -0.39 is 5.91 Å². The molecule has 0 saturated carbocycles. The highest BCUT2D eigenvalue weighted by Crippen LogP contribution is 2.21. The van der Waals surface area contributed by atoms with Gasteiger partial charge < -0.3 is 15.6 Å². The number of pyridine rings is 2. The number of carbonyl (C=O) groups is 2. The van der Waals surface area contributed by atoms with E-state index >= 15 is 0 Å². The number of rotatable bonds is 8. The number of hydrogen-bond donors (Lipinski definition) is 3. The van der Waals surface area contributed by atoms with Gasteiger partial charge in [-0.2, -0.15) is 0 Å². The molecule has 0 aliphatic rings. The Morgan fingerprint density at radius 2 is 1.88 bits per heavy atom. The molecule has 9 heteroatoms. The average molecular weight is 448 g/mol. The van der Waals surface area contributed by atoms with E-state index in [1.54, 1.807) is 48.0 Å². The molecule has 0 saturated heterocycles. The smallest absolute Gasteiger partial charge is 0.257 e. The molecule has 8 nitrogen and oxygen atoms in total. The van der Waals surface area contributed by atoms with E-state index in [1.807, 2.05) is 17.5 Å². The zero-order valence-electron chi connectivity index (χ0n) is 17.1. The first kappa shape index (κ1) is 21.4. The number of fused-ring (bicyclic) bond motifs is 1. The molecule has 0 spiro atoms. The molecule has 1 aromatic carbocycles. The third kappa shape index (κ3) is 5.06. The van der Waals surface area contributed by atoms with E-state index in [9.17, 15) is 14.4 Å². The molecule has 3 N–H and O–H groups in total. The van der Waals surface area contributed by atoms with Crippen LogP contribution >= 0.6 is 11.3 Å². The van der Waals surface area contributed by atoms with Gasteiger partial charge in [0.1, 0.15) is 5.56 Å². The van der Waals surface area contributed by atoms with Gasteiger partial charge in [0.05, 0.1) is 17.2 Å². The van der Waals surface area contributed by atoms with Gasteiger partial charge in [0.15, 0.2) is 0 Å². The van der Waals surface area contributed by atoms with Crippen molar-refractivity contribution in [2.75, 3.05) is 13.1 Å². The SMILES string of the molecule is O=C(CNC(=O)c1c[nH]c2ccccc2c1=O)NCCCc1nc(-c2ccncc2)cs1. The monoisotopic (exact) mass is 447 g/mol. The Balaban J connectivity index is 1.21. The van der Waals surface area contributed by atoms with Gasteiger partial charge in [-0.1, -0.05) is 12.1 Å². The molecule has 0 fully saturated rings. The summed E-state index contributed by atoms with van der Waals surface area (Å²) >= 11 is 1.58. The first-order chi connectivity index (χ1) is 15.6. The second kappa shape index (κ2) is 9.97. The summed E-state index contributed by atoms with van der Waals surface area (Å²) < 4.78 is 0. The van der Waals surface area contributed by atoms with E-state index in [4.69, 9.17) is 0 Å². The van der Waals surface area contributed by atoms with Crippen LogP contribution in [0.1, 0.15) is 21.8 Å². The predicted molar refractivity (Wildman–Crippen MR) is 124 cm³/mol.